The Morgan fingerprint density at radius 3 is 3.12 bits per heavy atom. The van der Waals surface area contributed by atoms with Crippen molar-refractivity contribution in [2.75, 3.05) is 6.61 Å². The second-order valence-corrected chi connectivity index (χ2v) is 4.82. The van der Waals surface area contributed by atoms with Crippen molar-refractivity contribution in [3.63, 3.8) is 0 Å². The highest BCUT2D eigenvalue weighted by molar-refractivity contribution is 5.00. The molecule has 2 rings (SSSR count). The van der Waals surface area contributed by atoms with E-state index in [-0.39, 0.29) is 12.2 Å². The number of rotatable bonds is 5. The summed E-state index contributed by atoms with van der Waals surface area (Å²) in [5, 5.41) is 14.4. The van der Waals surface area contributed by atoms with Gasteiger partial charge >= 0.3 is 0 Å². The Morgan fingerprint density at radius 1 is 1.65 bits per heavy atom. The topological polar surface area (TPSA) is 47.3 Å². The van der Waals surface area contributed by atoms with Gasteiger partial charge in [0, 0.05) is 31.5 Å². The Kier molecular flexibility index (Phi) is 4.18. The molecule has 1 aliphatic rings. The molecule has 0 bridgehead atoms. The molecule has 1 N–H and O–H groups in total. The molecule has 1 fully saturated rings. The van der Waals surface area contributed by atoms with Crippen LogP contribution in [0, 0.1) is 5.92 Å². The number of aryl methyl sites for hydroxylation is 2. The maximum absolute atomic E-state index is 10.2. The zero-order chi connectivity index (χ0) is 12.3. The highest BCUT2D eigenvalue weighted by Gasteiger charge is 2.32. The van der Waals surface area contributed by atoms with E-state index in [2.05, 4.69) is 12.0 Å². The minimum absolute atomic E-state index is 0.247. The first-order valence-electron chi connectivity index (χ1n) is 6.49. The van der Waals surface area contributed by atoms with E-state index in [0.29, 0.717) is 5.92 Å². The van der Waals surface area contributed by atoms with Crippen molar-refractivity contribution < 1.29 is 9.84 Å². The Hall–Kier alpha value is -0.870. The molecule has 96 valence electrons. The van der Waals surface area contributed by atoms with Gasteiger partial charge in [0.2, 0.25) is 0 Å². The zero-order valence-electron chi connectivity index (χ0n) is 10.7. The lowest BCUT2D eigenvalue weighted by Gasteiger charge is -2.22. The van der Waals surface area contributed by atoms with Crippen LogP contribution in [0.1, 0.15) is 31.9 Å². The summed E-state index contributed by atoms with van der Waals surface area (Å²) >= 11 is 0. The van der Waals surface area contributed by atoms with Crippen LogP contribution in [0.2, 0.25) is 0 Å². The number of hydrogen-bond acceptors (Lipinski definition) is 3. The van der Waals surface area contributed by atoms with E-state index < -0.39 is 0 Å². The molecule has 4 nitrogen and oxygen atoms in total. The normalized spacial score (nSPS) is 26.3. The van der Waals surface area contributed by atoms with Crippen molar-refractivity contribution >= 4 is 0 Å². The second-order valence-electron chi connectivity index (χ2n) is 4.82. The lowest BCUT2D eigenvalue weighted by atomic mass is 9.90. The molecule has 0 aliphatic carbocycles. The summed E-state index contributed by atoms with van der Waals surface area (Å²) in [4.78, 5) is 0. The van der Waals surface area contributed by atoms with Gasteiger partial charge in [-0.2, -0.15) is 5.10 Å². The van der Waals surface area contributed by atoms with Gasteiger partial charge in [-0.3, -0.25) is 4.68 Å². The van der Waals surface area contributed by atoms with Crippen LogP contribution < -0.4 is 0 Å². The predicted molar refractivity (Wildman–Crippen MR) is 65.7 cm³/mol. The largest absolute Gasteiger partial charge is 0.393 e. The third-order valence-electron chi connectivity index (χ3n) is 3.78. The van der Waals surface area contributed by atoms with Crippen molar-refractivity contribution in [1.29, 1.82) is 0 Å². The summed E-state index contributed by atoms with van der Waals surface area (Å²) in [5.41, 5.74) is 1.18. The number of aliphatic hydroxyl groups excluding tert-OH is 1. The van der Waals surface area contributed by atoms with E-state index in [1.165, 1.54) is 5.69 Å². The summed E-state index contributed by atoms with van der Waals surface area (Å²) < 4.78 is 7.49. The molecule has 4 heteroatoms. The monoisotopic (exact) mass is 238 g/mol. The number of ether oxygens (including phenoxy) is 1. The van der Waals surface area contributed by atoms with Crippen LogP contribution in [0.4, 0.5) is 0 Å². The van der Waals surface area contributed by atoms with Crippen LogP contribution in [0.25, 0.3) is 0 Å². The summed E-state index contributed by atoms with van der Waals surface area (Å²) in [6.45, 7) is 2.92. The molecule has 1 aliphatic heterocycles. The van der Waals surface area contributed by atoms with Crippen LogP contribution in [0.15, 0.2) is 12.3 Å². The fourth-order valence-corrected chi connectivity index (χ4v) is 2.68. The predicted octanol–water partition coefficient (Wildman–Crippen LogP) is 1.53. The quantitative estimate of drug-likeness (QED) is 0.846. The number of aromatic nitrogens is 2. The SMILES string of the molecule is CCC1OCCC1C(O)CCc1ccnn1C. The number of hydrogen-bond donors (Lipinski definition) is 1. The van der Waals surface area contributed by atoms with Crippen molar-refractivity contribution in [1.82, 2.24) is 9.78 Å². The molecule has 0 saturated carbocycles. The summed E-state index contributed by atoms with van der Waals surface area (Å²) in [7, 11) is 1.94. The third kappa shape index (κ3) is 2.87. The average molecular weight is 238 g/mol. The molecule has 3 atom stereocenters. The van der Waals surface area contributed by atoms with Gasteiger partial charge in [-0.25, -0.2) is 0 Å². The smallest absolute Gasteiger partial charge is 0.0626 e. The van der Waals surface area contributed by atoms with Gasteiger partial charge in [-0.05, 0) is 31.7 Å². The Bertz CT molecular complexity index is 351. The third-order valence-corrected chi connectivity index (χ3v) is 3.78. The summed E-state index contributed by atoms with van der Waals surface area (Å²) in [5.74, 6) is 0.313. The lowest BCUT2D eigenvalue weighted by Crippen LogP contribution is -2.28. The van der Waals surface area contributed by atoms with E-state index >= 15 is 0 Å². The van der Waals surface area contributed by atoms with Gasteiger partial charge in [-0.1, -0.05) is 6.92 Å². The van der Waals surface area contributed by atoms with E-state index in [0.717, 1.165) is 32.3 Å². The van der Waals surface area contributed by atoms with Crippen molar-refractivity contribution in [2.24, 2.45) is 13.0 Å². The number of nitrogens with zero attached hydrogens (tertiary/aromatic N) is 2. The van der Waals surface area contributed by atoms with Crippen LogP contribution in [0.3, 0.4) is 0 Å². The number of aliphatic hydroxyl groups is 1. The fourth-order valence-electron chi connectivity index (χ4n) is 2.68. The molecule has 17 heavy (non-hydrogen) atoms. The van der Waals surface area contributed by atoms with Crippen LogP contribution >= 0.6 is 0 Å². The highest BCUT2D eigenvalue weighted by atomic mass is 16.5. The van der Waals surface area contributed by atoms with Crippen molar-refractivity contribution in [3.8, 4) is 0 Å². The van der Waals surface area contributed by atoms with E-state index in [1.54, 1.807) is 6.20 Å². The van der Waals surface area contributed by atoms with Gasteiger partial charge in [0.1, 0.15) is 0 Å². The molecular formula is C13H22N2O2. The molecule has 0 amide bonds. The van der Waals surface area contributed by atoms with Gasteiger partial charge in [0.05, 0.1) is 12.2 Å². The highest BCUT2D eigenvalue weighted by Crippen LogP contribution is 2.28. The van der Waals surface area contributed by atoms with Gasteiger partial charge in [0.15, 0.2) is 0 Å². The standard InChI is InChI=1S/C13H22N2O2/c1-3-13-11(7-9-17-13)12(16)5-4-10-6-8-14-15(10)2/h6,8,11-13,16H,3-5,7,9H2,1-2H3. The van der Waals surface area contributed by atoms with Crippen LogP contribution in [-0.4, -0.2) is 33.7 Å². The molecule has 1 aromatic heterocycles. The van der Waals surface area contributed by atoms with Crippen LogP contribution in [-0.2, 0) is 18.2 Å². The van der Waals surface area contributed by atoms with Gasteiger partial charge < -0.3 is 9.84 Å². The van der Waals surface area contributed by atoms with Gasteiger partial charge in [-0.15, -0.1) is 0 Å². The maximum Gasteiger partial charge on any atom is 0.0626 e. The summed E-state index contributed by atoms with van der Waals surface area (Å²) in [6.07, 6.45) is 5.46. The minimum atomic E-state index is -0.252. The fraction of sp³-hybridized carbons (Fsp3) is 0.769. The van der Waals surface area contributed by atoms with E-state index in [4.69, 9.17) is 4.74 Å². The Labute approximate surface area is 103 Å². The maximum atomic E-state index is 10.2. The molecule has 0 spiro atoms. The molecule has 3 unspecified atom stereocenters. The first kappa shape index (κ1) is 12.6. The molecule has 0 radical (unpaired) electrons. The molecule has 1 saturated heterocycles. The minimum Gasteiger partial charge on any atom is -0.393 e. The molecule has 1 aromatic rings. The molecule has 2 heterocycles. The van der Waals surface area contributed by atoms with Crippen molar-refractivity contribution in [2.45, 2.75) is 44.8 Å². The first-order valence-corrected chi connectivity index (χ1v) is 6.49. The Morgan fingerprint density at radius 2 is 2.47 bits per heavy atom. The molecule has 0 aromatic carbocycles. The summed E-state index contributed by atoms with van der Waals surface area (Å²) in [6, 6.07) is 2.01. The van der Waals surface area contributed by atoms with Crippen LogP contribution in [0.5, 0.6) is 0 Å². The Balaban J connectivity index is 1.85. The molecular weight excluding hydrogens is 216 g/mol. The second kappa shape index (κ2) is 5.65. The first-order chi connectivity index (χ1) is 8.22. The van der Waals surface area contributed by atoms with Crippen molar-refractivity contribution in [3.05, 3.63) is 18.0 Å². The van der Waals surface area contributed by atoms with E-state index in [1.807, 2.05) is 17.8 Å². The average Bonchev–Trinajstić information content (AvgIpc) is 2.94. The lowest BCUT2D eigenvalue weighted by molar-refractivity contribution is 0.0278. The zero-order valence-corrected chi connectivity index (χ0v) is 10.7. The van der Waals surface area contributed by atoms with Gasteiger partial charge in [0.25, 0.3) is 0 Å². The van der Waals surface area contributed by atoms with E-state index in [9.17, 15) is 5.11 Å².